The summed E-state index contributed by atoms with van der Waals surface area (Å²) < 4.78 is 5.27. The van der Waals surface area contributed by atoms with E-state index in [0.717, 1.165) is 12.8 Å². The van der Waals surface area contributed by atoms with Gasteiger partial charge < -0.3 is 15.4 Å². The summed E-state index contributed by atoms with van der Waals surface area (Å²) in [6.45, 7) is 9.74. The molecular formula is C17H30N2O3. The quantitative estimate of drug-likeness (QED) is 0.839. The Morgan fingerprint density at radius 2 is 1.64 bits per heavy atom. The van der Waals surface area contributed by atoms with Crippen LogP contribution in [0.4, 0.5) is 4.79 Å². The lowest BCUT2D eigenvalue weighted by molar-refractivity contribution is -0.126. The molecule has 0 aliphatic heterocycles. The van der Waals surface area contributed by atoms with E-state index in [1.165, 1.54) is 12.8 Å². The molecule has 2 aliphatic rings. The van der Waals surface area contributed by atoms with Gasteiger partial charge in [-0.3, -0.25) is 4.79 Å². The Labute approximate surface area is 133 Å². The van der Waals surface area contributed by atoms with Gasteiger partial charge in [0.15, 0.2) is 0 Å². The van der Waals surface area contributed by atoms with E-state index in [9.17, 15) is 9.59 Å². The lowest BCUT2D eigenvalue weighted by atomic mass is 9.96. The lowest BCUT2D eigenvalue weighted by Crippen LogP contribution is -2.47. The highest BCUT2D eigenvalue weighted by molar-refractivity contribution is 5.80. The summed E-state index contributed by atoms with van der Waals surface area (Å²) in [6.07, 6.45) is 4.39. The molecule has 0 radical (unpaired) electrons. The zero-order valence-electron chi connectivity index (χ0n) is 14.5. The van der Waals surface area contributed by atoms with Gasteiger partial charge in [-0.1, -0.05) is 0 Å². The van der Waals surface area contributed by atoms with Crippen LogP contribution < -0.4 is 10.6 Å². The third-order valence-corrected chi connectivity index (χ3v) is 4.57. The van der Waals surface area contributed by atoms with E-state index < -0.39 is 11.7 Å². The fourth-order valence-electron chi connectivity index (χ4n) is 3.15. The zero-order chi connectivity index (χ0) is 16.5. The summed E-state index contributed by atoms with van der Waals surface area (Å²) in [5.74, 6) is 0.747. The van der Waals surface area contributed by atoms with E-state index in [0.29, 0.717) is 12.3 Å². The van der Waals surface area contributed by atoms with Gasteiger partial charge in [0.1, 0.15) is 5.60 Å². The first-order chi connectivity index (χ1) is 10.1. The van der Waals surface area contributed by atoms with Gasteiger partial charge in [-0.05, 0) is 72.6 Å². The molecule has 0 aromatic heterocycles. The van der Waals surface area contributed by atoms with Crippen molar-refractivity contribution in [2.24, 2.45) is 11.8 Å². The predicted octanol–water partition coefficient (Wildman–Crippen LogP) is 2.98. The number of alkyl carbamates (subject to hydrolysis) is 1. The molecule has 2 fully saturated rings. The Bertz CT molecular complexity index is 436. The van der Waals surface area contributed by atoms with E-state index in [1.54, 1.807) is 0 Å². The molecule has 0 unspecified atom stereocenters. The van der Waals surface area contributed by atoms with Crippen molar-refractivity contribution < 1.29 is 14.3 Å². The molecule has 0 spiro atoms. The molecular weight excluding hydrogens is 280 g/mol. The molecule has 22 heavy (non-hydrogen) atoms. The summed E-state index contributed by atoms with van der Waals surface area (Å²) in [5.41, 5.74) is -0.596. The standard InChI is InChI=1S/C17H30N2O3/c1-16(2,3)22-15(21)18-13-9-6-11(10-13)14(20)19-17(4,5)12-7-8-12/h11-13H,6-10H2,1-5H3,(H,18,21)(H,19,20)/t11-,13+/m0/s1. The minimum absolute atomic E-state index is 0.00189. The van der Waals surface area contributed by atoms with Crippen LogP contribution in [0.1, 0.15) is 66.7 Å². The van der Waals surface area contributed by atoms with Crippen molar-refractivity contribution in [3.05, 3.63) is 0 Å². The molecule has 5 nitrogen and oxygen atoms in total. The Hall–Kier alpha value is -1.26. The second-order valence-corrected chi connectivity index (χ2v) is 8.34. The zero-order valence-corrected chi connectivity index (χ0v) is 14.5. The van der Waals surface area contributed by atoms with Gasteiger partial charge in [-0.15, -0.1) is 0 Å². The molecule has 0 saturated heterocycles. The number of carbonyl (C=O) groups is 2. The van der Waals surface area contributed by atoms with E-state index in [4.69, 9.17) is 4.74 Å². The first kappa shape index (κ1) is 17.1. The van der Waals surface area contributed by atoms with Crippen molar-refractivity contribution in [3.8, 4) is 0 Å². The van der Waals surface area contributed by atoms with Crippen LogP contribution in [0.3, 0.4) is 0 Å². The third-order valence-electron chi connectivity index (χ3n) is 4.57. The average molecular weight is 310 g/mol. The van der Waals surface area contributed by atoms with E-state index >= 15 is 0 Å². The van der Waals surface area contributed by atoms with E-state index in [2.05, 4.69) is 24.5 Å². The number of hydrogen-bond donors (Lipinski definition) is 2. The summed E-state index contributed by atoms with van der Waals surface area (Å²) in [7, 11) is 0. The van der Waals surface area contributed by atoms with Crippen LogP contribution in [-0.4, -0.2) is 29.2 Å². The van der Waals surface area contributed by atoms with Crippen LogP contribution in [0.5, 0.6) is 0 Å². The number of ether oxygens (including phenoxy) is 1. The average Bonchev–Trinajstić information content (AvgIpc) is 3.08. The highest BCUT2D eigenvalue weighted by Gasteiger charge is 2.41. The molecule has 2 N–H and O–H groups in total. The molecule has 2 atom stereocenters. The topological polar surface area (TPSA) is 67.4 Å². The van der Waals surface area contributed by atoms with Crippen LogP contribution in [-0.2, 0) is 9.53 Å². The van der Waals surface area contributed by atoms with Crippen LogP contribution in [0, 0.1) is 11.8 Å². The Morgan fingerprint density at radius 1 is 1.00 bits per heavy atom. The van der Waals surface area contributed by atoms with Gasteiger partial charge in [0.25, 0.3) is 0 Å². The molecule has 2 amide bonds. The molecule has 2 saturated carbocycles. The van der Waals surface area contributed by atoms with E-state index in [-0.39, 0.29) is 23.4 Å². The second kappa shape index (κ2) is 6.09. The van der Waals surface area contributed by atoms with Gasteiger partial charge in [-0.25, -0.2) is 4.79 Å². The second-order valence-electron chi connectivity index (χ2n) is 8.34. The normalized spacial score (nSPS) is 25.7. The number of rotatable bonds is 4. The van der Waals surface area contributed by atoms with Crippen LogP contribution in [0.2, 0.25) is 0 Å². The lowest BCUT2D eigenvalue weighted by Gasteiger charge is -2.28. The Kier molecular flexibility index (Phi) is 4.73. The van der Waals surface area contributed by atoms with Gasteiger partial charge >= 0.3 is 6.09 Å². The largest absolute Gasteiger partial charge is 0.444 e. The molecule has 126 valence electrons. The SMILES string of the molecule is CC(C)(C)OC(=O)N[C@@H]1CC[C@H](C(=O)NC(C)(C)C2CC2)C1. The maximum atomic E-state index is 12.4. The molecule has 0 aromatic carbocycles. The molecule has 5 heteroatoms. The van der Waals surface area contributed by atoms with Crippen molar-refractivity contribution in [2.75, 3.05) is 0 Å². The number of nitrogens with one attached hydrogen (secondary N) is 2. The third kappa shape index (κ3) is 4.89. The highest BCUT2D eigenvalue weighted by atomic mass is 16.6. The highest BCUT2D eigenvalue weighted by Crippen LogP contribution is 2.39. The predicted molar refractivity (Wildman–Crippen MR) is 85.4 cm³/mol. The maximum Gasteiger partial charge on any atom is 0.407 e. The van der Waals surface area contributed by atoms with Crippen molar-refractivity contribution >= 4 is 12.0 Å². The monoisotopic (exact) mass is 310 g/mol. The summed E-state index contributed by atoms with van der Waals surface area (Å²) in [6, 6.07) is 0.0367. The smallest absolute Gasteiger partial charge is 0.407 e. The number of amides is 2. The fourth-order valence-corrected chi connectivity index (χ4v) is 3.15. The molecule has 0 bridgehead atoms. The summed E-state index contributed by atoms with van der Waals surface area (Å²) in [4.78, 5) is 24.2. The molecule has 0 heterocycles. The van der Waals surface area contributed by atoms with Gasteiger partial charge in [0.05, 0.1) is 0 Å². The van der Waals surface area contributed by atoms with Crippen LogP contribution >= 0.6 is 0 Å². The van der Waals surface area contributed by atoms with Gasteiger partial charge in [0, 0.05) is 17.5 Å². The maximum absolute atomic E-state index is 12.4. The number of carbonyl (C=O) groups excluding carboxylic acids is 2. The summed E-state index contributed by atoms with van der Waals surface area (Å²) >= 11 is 0. The minimum Gasteiger partial charge on any atom is -0.444 e. The molecule has 2 rings (SSSR count). The fraction of sp³-hybridized carbons (Fsp3) is 0.882. The van der Waals surface area contributed by atoms with Crippen molar-refractivity contribution in [3.63, 3.8) is 0 Å². The van der Waals surface area contributed by atoms with E-state index in [1.807, 2.05) is 20.8 Å². The molecule has 2 aliphatic carbocycles. The Balaban J connectivity index is 1.77. The first-order valence-corrected chi connectivity index (χ1v) is 8.38. The first-order valence-electron chi connectivity index (χ1n) is 8.38. The van der Waals surface area contributed by atoms with Crippen molar-refractivity contribution in [2.45, 2.75) is 83.9 Å². The summed E-state index contributed by atoms with van der Waals surface area (Å²) in [5, 5.41) is 6.07. The Morgan fingerprint density at radius 3 is 2.18 bits per heavy atom. The van der Waals surface area contributed by atoms with Crippen LogP contribution in [0.25, 0.3) is 0 Å². The van der Waals surface area contributed by atoms with Crippen LogP contribution in [0.15, 0.2) is 0 Å². The van der Waals surface area contributed by atoms with Gasteiger partial charge in [0.2, 0.25) is 5.91 Å². The molecule has 0 aromatic rings. The minimum atomic E-state index is -0.492. The van der Waals surface area contributed by atoms with Crippen molar-refractivity contribution in [1.29, 1.82) is 0 Å². The number of hydrogen-bond acceptors (Lipinski definition) is 3. The van der Waals surface area contributed by atoms with Gasteiger partial charge in [-0.2, -0.15) is 0 Å². The van der Waals surface area contributed by atoms with Crippen molar-refractivity contribution in [1.82, 2.24) is 10.6 Å².